The van der Waals surface area contributed by atoms with Crippen molar-refractivity contribution in [2.75, 3.05) is 7.05 Å². The van der Waals surface area contributed by atoms with Gasteiger partial charge in [0.05, 0.1) is 6.42 Å². The fourth-order valence-electron chi connectivity index (χ4n) is 7.69. The second-order valence-electron chi connectivity index (χ2n) is 16.4. The Morgan fingerprint density at radius 2 is 0.621 bits per heavy atom. The molecule has 0 saturated carbocycles. The van der Waals surface area contributed by atoms with Gasteiger partial charge in [-0.2, -0.15) is 0 Å². The standard InChI is InChI=1S/C41H64N4O21/c1-42-39(15-6-27(46)43-26(3-5-31(51)52)25(24-38(65)66)2-4-30(49)50,16-7-28(47)44-40(18-9-32(53)54,19-10-33(55)56)20-11-34(57)58)17-8-29(48)45-41(21-12-35(59)60,22-13-36(61)62)23-14-37(63)64/h25-26,42H,2-24H2,1H3,(H,43,46)(H,44,47)(H,45,48)(H,49,50)(H,51,52)(H,53,54)(H,55,56)(H,57,58)(H,59,60)(H,61,62)(H,63,64)(H,65,66). The number of hydrogen-bond acceptors (Lipinski definition) is 13. The molecule has 2 atom stereocenters. The molecule has 374 valence electrons. The van der Waals surface area contributed by atoms with E-state index in [1.165, 1.54) is 7.05 Å². The molecule has 0 saturated heterocycles. The van der Waals surface area contributed by atoms with Crippen LogP contribution in [0, 0.1) is 5.92 Å². The van der Waals surface area contributed by atoms with Gasteiger partial charge in [0.1, 0.15) is 0 Å². The Hall–Kier alpha value is -6.40. The summed E-state index contributed by atoms with van der Waals surface area (Å²) in [6.07, 6.45) is -9.76. The van der Waals surface area contributed by atoms with Crippen molar-refractivity contribution >= 4 is 71.4 Å². The van der Waals surface area contributed by atoms with Gasteiger partial charge in [-0.05, 0) is 83.6 Å². The van der Waals surface area contributed by atoms with Gasteiger partial charge in [-0.3, -0.25) is 57.5 Å². The molecule has 3 amide bonds. The quantitative estimate of drug-likeness (QED) is 0.0414. The molecule has 25 heteroatoms. The lowest BCUT2D eigenvalue weighted by molar-refractivity contribution is -0.141. The zero-order valence-corrected chi connectivity index (χ0v) is 36.8. The molecule has 2 unspecified atom stereocenters. The summed E-state index contributed by atoms with van der Waals surface area (Å²) in [6, 6.07) is -1.13. The molecule has 0 spiro atoms. The van der Waals surface area contributed by atoms with Crippen molar-refractivity contribution in [1.29, 1.82) is 0 Å². The maximum Gasteiger partial charge on any atom is 0.303 e. The molecule has 0 aromatic heterocycles. The van der Waals surface area contributed by atoms with Gasteiger partial charge in [-0.1, -0.05) is 0 Å². The van der Waals surface area contributed by atoms with Gasteiger partial charge in [-0.15, -0.1) is 0 Å². The van der Waals surface area contributed by atoms with E-state index in [2.05, 4.69) is 21.3 Å². The average Bonchev–Trinajstić information content (AvgIpc) is 3.21. The first kappa shape index (κ1) is 59.6. The summed E-state index contributed by atoms with van der Waals surface area (Å²) >= 11 is 0. The van der Waals surface area contributed by atoms with Gasteiger partial charge in [0.15, 0.2) is 0 Å². The van der Waals surface area contributed by atoms with E-state index in [4.69, 9.17) is 0 Å². The van der Waals surface area contributed by atoms with Crippen molar-refractivity contribution < 1.29 is 103 Å². The molecule has 25 nitrogen and oxygen atoms in total. The Labute approximate surface area is 379 Å². The molecule has 0 aliphatic heterocycles. The number of aliphatic carboxylic acids is 9. The Kier molecular flexibility index (Phi) is 27.0. The van der Waals surface area contributed by atoms with Crippen molar-refractivity contribution in [1.82, 2.24) is 21.3 Å². The molecular weight excluding hydrogens is 884 g/mol. The lowest BCUT2D eigenvalue weighted by Crippen LogP contribution is -2.52. The zero-order valence-electron chi connectivity index (χ0n) is 36.8. The van der Waals surface area contributed by atoms with Crippen molar-refractivity contribution in [3.8, 4) is 0 Å². The van der Waals surface area contributed by atoms with Crippen LogP contribution in [0.5, 0.6) is 0 Å². The summed E-state index contributed by atoms with van der Waals surface area (Å²) in [5.41, 5.74) is -4.61. The van der Waals surface area contributed by atoms with Crippen LogP contribution in [0.25, 0.3) is 0 Å². The summed E-state index contributed by atoms with van der Waals surface area (Å²) < 4.78 is 0. The normalized spacial score (nSPS) is 12.5. The average molecular weight is 949 g/mol. The van der Waals surface area contributed by atoms with Gasteiger partial charge in [0, 0.05) is 93.3 Å². The highest BCUT2D eigenvalue weighted by Gasteiger charge is 2.38. The Bertz CT molecular complexity index is 1560. The van der Waals surface area contributed by atoms with E-state index in [0.29, 0.717) is 0 Å². The predicted octanol–water partition coefficient (Wildman–Crippen LogP) is 1.49. The summed E-state index contributed by atoms with van der Waals surface area (Å²) in [5, 5.41) is 95.4. The highest BCUT2D eigenvalue weighted by Crippen LogP contribution is 2.31. The maximum atomic E-state index is 13.7. The molecule has 66 heavy (non-hydrogen) atoms. The monoisotopic (exact) mass is 948 g/mol. The van der Waals surface area contributed by atoms with Crippen LogP contribution >= 0.6 is 0 Å². The van der Waals surface area contributed by atoms with E-state index in [1.54, 1.807) is 0 Å². The fourth-order valence-corrected chi connectivity index (χ4v) is 7.69. The van der Waals surface area contributed by atoms with Crippen molar-refractivity contribution in [2.45, 2.75) is 170 Å². The SMILES string of the molecule is CNC(CCC(=O)NC(CCC(=O)O)C(CCC(=O)O)CC(=O)O)(CCC(=O)NC(CCC(=O)O)(CCC(=O)O)CCC(=O)O)CCC(=O)NC(CCC(=O)O)(CCC(=O)O)CCC(=O)O. The van der Waals surface area contributed by atoms with Gasteiger partial charge >= 0.3 is 53.7 Å². The number of carbonyl (C=O) groups is 12. The number of carbonyl (C=O) groups excluding carboxylic acids is 3. The van der Waals surface area contributed by atoms with Gasteiger partial charge in [0.2, 0.25) is 17.7 Å². The molecular formula is C41H64N4O21. The Balaban J connectivity index is 7.02. The number of hydrogen-bond donors (Lipinski definition) is 13. The Morgan fingerprint density at radius 3 is 0.894 bits per heavy atom. The minimum absolute atomic E-state index is 0.218. The van der Waals surface area contributed by atoms with Crippen LogP contribution < -0.4 is 21.3 Å². The number of carboxylic acids is 9. The zero-order chi connectivity index (χ0) is 50.7. The first-order valence-electron chi connectivity index (χ1n) is 21.2. The van der Waals surface area contributed by atoms with E-state index >= 15 is 0 Å². The number of amides is 3. The number of rotatable bonds is 40. The molecule has 13 N–H and O–H groups in total. The van der Waals surface area contributed by atoms with Gasteiger partial charge < -0.3 is 67.2 Å². The largest absolute Gasteiger partial charge is 0.481 e. The van der Waals surface area contributed by atoms with Crippen LogP contribution in [0.1, 0.15) is 148 Å². The molecule has 0 aliphatic carbocycles. The van der Waals surface area contributed by atoms with Gasteiger partial charge in [0.25, 0.3) is 0 Å². The van der Waals surface area contributed by atoms with E-state index in [0.717, 1.165) is 0 Å². The molecule has 0 fully saturated rings. The first-order chi connectivity index (χ1) is 30.7. The minimum atomic E-state index is -1.61. The van der Waals surface area contributed by atoms with E-state index in [1.807, 2.05) is 0 Å². The molecule has 0 radical (unpaired) electrons. The van der Waals surface area contributed by atoms with Crippen molar-refractivity contribution in [3.05, 3.63) is 0 Å². The third-order valence-corrected chi connectivity index (χ3v) is 11.5. The van der Waals surface area contributed by atoms with Gasteiger partial charge in [-0.25, -0.2) is 0 Å². The molecule has 0 aromatic carbocycles. The summed E-state index contributed by atoms with van der Waals surface area (Å²) in [7, 11) is 1.41. The summed E-state index contributed by atoms with van der Waals surface area (Å²) in [4.78, 5) is 145. The predicted molar refractivity (Wildman–Crippen MR) is 224 cm³/mol. The van der Waals surface area contributed by atoms with Crippen LogP contribution in [-0.4, -0.2) is 147 Å². The first-order valence-corrected chi connectivity index (χ1v) is 21.2. The van der Waals surface area contributed by atoms with E-state index in [9.17, 15) is 103 Å². The molecule has 0 rings (SSSR count). The number of carboxylic acid groups (broad SMARTS) is 9. The minimum Gasteiger partial charge on any atom is -0.481 e. The molecule has 0 bridgehead atoms. The third-order valence-electron chi connectivity index (χ3n) is 11.5. The highest BCUT2D eigenvalue weighted by atomic mass is 16.4. The summed E-state index contributed by atoms with van der Waals surface area (Å²) in [5.74, 6) is -15.2. The lowest BCUT2D eigenvalue weighted by atomic mass is 9.81. The number of nitrogens with one attached hydrogen (secondary N) is 4. The maximum absolute atomic E-state index is 13.7. The smallest absolute Gasteiger partial charge is 0.303 e. The van der Waals surface area contributed by atoms with E-state index in [-0.39, 0.29) is 70.6 Å². The second-order valence-corrected chi connectivity index (χ2v) is 16.4. The highest BCUT2D eigenvalue weighted by molar-refractivity contribution is 5.80. The Morgan fingerprint density at radius 1 is 0.348 bits per heavy atom. The lowest BCUT2D eigenvalue weighted by Gasteiger charge is -2.37. The topological polar surface area (TPSA) is 435 Å². The van der Waals surface area contributed by atoms with Crippen LogP contribution in [0.4, 0.5) is 0 Å². The molecule has 0 aliphatic rings. The van der Waals surface area contributed by atoms with Crippen LogP contribution in [0.2, 0.25) is 0 Å². The summed E-state index contributed by atoms with van der Waals surface area (Å²) in [6.45, 7) is 0. The second kappa shape index (κ2) is 29.9. The third kappa shape index (κ3) is 27.0. The van der Waals surface area contributed by atoms with Crippen LogP contribution in [-0.2, 0) is 57.5 Å². The van der Waals surface area contributed by atoms with Crippen LogP contribution in [0.15, 0.2) is 0 Å². The molecule has 0 aromatic rings. The molecule has 0 heterocycles. The van der Waals surface area contributed by atoms with Crippen molar-refractivity contribution in [3.63, 3.8) is 0 Å². The van der Waals surface area contributed by atoms with E-state index < -0.39 is 177 Å². The van der Waals surface area contributed by atoms with Crippen LogP contribution in [0.3, 0.4) is 0 Å². The van der Waals surface area contributed by atoms with Crippen molar-refractivity contribution in [2.24, 2.45) is 5.92 Å². The fraction of sp³-hybridized carbons (Fsp3) is 0.707.